The van der Waals surface area contributed by atoms with E-state index in [1.807, 2.05) is 54.7 Å². The lowest BCUT2D eigenvalue weighted by Gasteiger charge is -2.32. The van der Waals surface area contributed by atoms with Gasteiger partial charge in [0, 0.05) is 56.4 Å². The Labute approximate surface area is 256 Å². The van der Waals surface area contributed by atoms with Gasteiger partial charge in [-0.3, -0.25) is 9.20 Å². The molecule has 0 saturated carbocycles. The molecular weight excluding hydrogens is 564 g/mol. The molecule has 44 heavy (non-hydrogen) atoms. The minimum absolute atomic E-state index is 0.0217. The number of imidazole rings is 1. The van der Waals surface area contributed by atoms with Crippen LogP contribution in [-0.4, -0.2) is 83.2 Å². The molecule has 1 N–H and O–H groups in total. The van der Waals surface area contributed by atoms with Gasteiger partial charge in [-0.25, -0.2) is 9.97 Å². The van der Waals surface area contributed by atoms with Gasteiger partial charge in [0.05, 0.1) is 11.9 Å². The summed E-state index contributed by atoms with van der Waals surface area (Å²) >= 11 is 0. The second kappa shape index (κ2) is 14.4. The minimum atomic E-state index is -2.87. The fourth-order valence-corrected chi connectivity index (χ4v) is 5.70. The van der Waals surface area contributed by atoms with Crippen LogP contribution in [-0.2, 0) is 0 Å². The van der Waals surface area contributed by atoms with E-state index >= 15 is 0 Å². The molecule has 0 unspecified atom stereocenters. The van der Waals surface area contributed by atoms with Crippen LogP contribution in [0.25, 0.3) is 16.9 Å². The number of halogens is 2. The summed E-state index contributed by atoms with van der Waals surface area (Å²) in [5, 5.41) is 3.33. The summed E-state index contributed by atoms with van der Waals surface area (Å²) in [6.45, 7) is 3.10. The molecule has 1 saturated heterocycles. The monoisotopic (exact) mass is 603 g/mol. The molecule has 1 fully saturated rings. The number of nitrogens with one attached hydrogen (secondary N) is 1. The number of rotatable bonds is 12. The van der Waals surface area contributed by atoms with E-state index < -0.39 is 6.61 Å². The zero-order valence-corrected chi connectivity index (χ0v) is 25.4. The van der Waals surface area contributed by atoms with Gasteiger partial charge in [-0.1, -0.05) is 0 Å². The van der Waals surface area contributed by atoms with E-state index in [-0.39, 0.29) is 11.7 Å². The number of hydrogen-bond acceptors (Lipinski definition) is 7. The van der Waals surface area contributed by atoms with Crippen molar-refractivity contribution in [2.24, 2.45) is 10.9 Å². The van der Waals surface area contributed by atoms with Gasteiger partial charge >= 0.3 is 6.61 Å². The molecule has 1 amide bonds. The Morgan fingerprint density at radius 2 is 1.95 bits per heavy atom. The lowest BCUT2D eigenvalue weighted by molar-refractivity contribution is -0.0498. The number of ether oxygens (including phenoxy) is 1. The number of carbonyl (C=O) groups excluding carboxylic acids is 1. The maximum atomic E-state index is 13.3. The first-order chi connectivity index (χ1) is 21.3. The molecule has 0 radical (unpaired) electrons. The molecule has 4 aromatic rings. The van der Waals surface area contributed by atoms with E-state index in [2.05, 4.69) is 29.9 Å². The van der Waals surface area contributed by atoms with Gasteiger partial charge in [-0.15, -0.1) is 0 Å². The number of likely N-dealkylation sites (tertiary alicyclic amines) is 1. The van der Waals surface area contributed by atoms with Crippen LogP contribution in [0.15, 0.2) is 66.0 Å². The Morgan fingerprint density at radius 1 is 1.18 bits per heavy atom. The number of aromatic nitrogens is 3. The smallest absolute Gasteiger partial charge is 0.387 e. The Kier molecular flexibility index (Phi) is 10.2. The van der Waals surface area contributed by atoms with Crippen LogP contribution >= 0.6 is 0 Å². The van der Waals surface area contributed by atoms with E-state index in [4.69, 9.17) is 0 Å². The van der Waals surface area contributed by atoms with Crippen molar-refractivity contribution in [2.75, 3.05) is 45.6 Å². The summed E-state index contributed by atoms with van der Waals surface area (Å²) in [6, 6.07) is 12.1. The summed E-state index contributed by atoms with van der Waals surface area (Å²) in [4.78, 5) is 30.7. The van der Waals surface area contributed by atoms with Gasteiger partial charge in [0.25, 0.3) is 5.91 Å². The number of aliphatic imine (C=N–C) groups is 1. The summed E-state index contributed by atoms with van der Waals surface area (Å²) in [5.41, 5.74) is 4.52. The van der Waals surface area contributed by atoms with E-state index in [0.717, 1.165) is 61.5 Å². The molecule has 5 rings (SSSR count). The number of anilines is 2. The summed E-state index contributed by atoms with van der Waals surface area (Å²) in [6.07, 6.45) is 11.5. The molecule has 1 aliphatic heterocycles. The van der Waals surface area contributed by atoms with Gasteiger partial charge in [-0.05, 0) is 106 Å². The predicted octanol–water partition coefficient (Wildman–Crippen LogP) is 6.31. The van der Waals surface area contributed by atoms with Crippen LogP contribution in [0.4, 0.5) is 20.3 Å². The Hall–Kier alpha value is -4.38. The van der Waals surface area contributed by atoms with Gasteiger partial charge in [0.15, 0.2) is 11.5 Å². The number of piperidine rings is 1. The molecule has 0 atom stereocenters. The van der Waals surface area contributed by atoms with Crippen molar-refractivity contribution >= 4 is 29.3 Å². The number of hydrogen-bond donors (Lipinski definition) is 1. The highest BCUT2D eigenvalue weighted by molar-refractivity contribution is 5.96. The molecule has 0 spiro atoms. The van der Waals surface area contributed by atoms with E-state index in [0.29, 0.717) is 22.9 Å². The second-order valence-electron chi connectivity index (χ2n) is 11.2. The molecule has 1 aliphatic rings. The zero-order valence-electron chi connectivity index (χ0n) is 25.4. The molecule has 3 heterocycles. The van der Waals surface area contributed by atoms with Crippen molar-refractivity contribution in [1.82, 2.24) is 24.2 Å². The predicted molar refractivity (Wildman–Crippen MR) is 169 cm³/mol. The van der Waals surface area contributed by atoms with E-state index in [1.165, 1.54) is 25.0 Å². The Morgan fingerprint density at radius 3 is 2.66 bits per heavy atom. The van der Waals surface area contributed by atoms with Crippen LogP contribution in [0.2, 0.25) is 0 Å². The number of amides is 1. The largest absolute Gasteiger partial charge is 0.435 e. The van der Waals surface area contributed by atoms with Crippen molar-refractivity contribution in [3.63, 3.8) is 0 Å². The third kappa shape index (κ3) is 7.57. The molecule has 9 nitrogen and oxygen atoms in total. The SMILES string of the molecule is CN=CCCN1CCC(CCN(C)C(=O)c2ccc(Nc3nccn4c(-c5ccc(OC(F)F)cc5)cnc34)cc2C)CC1. The summed E-state index contributed by atoms with van der Waals surface area (Å²) in [7, 11) is 3.70. The number of nitrogens with zero attached hydrogens (tertiary/aromatic N) is 6. The molecule has 232 valence electrons. The van der Waals surface area contributed by atoms with Crippen molar-refractivity contribution in [1.29, 1.82) is 0 Å². The molecule has 0 aliphatic carbocycles. The normalized spacial score (nSPS) is 14.5. The summed E-state index contributed by atoms with van der Waals surface area (Å²) in [5.74, 6) is 1.31. The molecule has 0 bridgehead atoms. The van der Waals surface area contributed by atoms with Crippen molar-refractivity contribution in [2.45, 2.75) is 39.2 Å². The third-order valence-electron chi connectivity index (χ3n) is 8.21. The lowest BCUT2D eigenvalue weighted by Crippen LogP contribution is -2.36. The fourth-order valence-electron chi connectivity index (χ4n) is 5.70. The highest BCUT2D eigenvalue weighted by Crippen LogP contribution is 2.28. The average molecular weight is 604 g/mol. The first kappa shape index (κ1) is 31.1. The minimum Gasteiger partial charge on any atom is -0.435 e. The molecule has 2 aromatic heterocycles. The quantitative estimate of drug-likeness (QED) is 0.191. The van der Waals surface area contributed by atoms with Crippen LogP contribution in [0.1, 0.15) is 41.6 Å². The molecule has 11 heteroatoms. The highest BCUT2D eigenvalue weighted by Gasteiger charge is 2.21. The van der Waals surface area contributed by atoms with Gasteiger partial charge in [0.1, 0.15) is 5.75 Å². The number of aryl methyl sites for hydroxylation is 1. The lowest BCUT2D eigenvalue weighted by atomic mass is 9.93. The van der Waals surface area contributed by atoms with Crippen molar-refractivity contribution in [3.05, 3.63) is 72.2 Å². The molecular formula is C33H39F2N7O2. The topological polar surface area (TPSA) is 87.4 Å². The van der Waals surface area contributed by atoms with Crippen molar-refractivity contribution in [3.8, 4) is 17.0 Å². The van der Waals surface area contributed by atoms with E-state index in [1.54, 1.807) is 30.7 Å². The molecule has 2 aromatic carbocycles. The van der Waals surface area contributed by atoms with Crippen LogP contribution in [0.5, 0.6) is 5.75 Å². The zero-order chi connectivity index (χ0) is 31.1. The second-order valence-corrected chi connectivity index (χ2v) is 11.2. The Balaban J connectivity index is 1.19. The number of carbonyl (C=O) groups is 1. The van der Waals surface area contributed by atoms with Crippen molar-refractivity contribution < 1.29 is 18.3 Å². The maximum Gasteiger partial charge on any atom is 0.387 e. The number of alkyl halides is 2. The third-order valence-corrected chi connectivity index (χ3v) is 8.21. The standard InChI is InChI=1S/C33H39F2N7O2/c1-23-21-26(7-10-28(23)32(43)40(3)17-11-24-12-18-41(19-13-24)16-4-14-36-2)39-30-31-38-22-29(42(31)20-15-37-30)25-5-8-27(9-6-25)44-33(34)35/h5-10,14-15,20-22,24,33H,4,11-13,16-19H2,1-3H3,(H,37,39). The van der Waals surface area contributed by atoms with Gasteiger partial charge in [0.2, 0.25) is 0 Å². The highest BCUT2D eigenvalue weighted by atomic mass is 19.3. The fraction of sp³-hybridized carbons (Fsp3) is 0.394. The number of benzene rings is 2. The first-order valence-corrected chi connectivity index (χ1v) is 15.0. The average Bonchev–Trinajstić information content (AvgIpc) is 3.46. The van der Waals surface area contributed by atoms with Crippen LogP contribution < -0.4 is 10.1 Å². The number of fused-ring (bicyclic) bond motifs is 1. The van der Waals surface area contributed by atoms with Crippen LogP contribution in [0.3, 0.4) is 0 Å². The van der Waals surface area contributed by atoms with Crippen LogP contribution in [0, 0.1) is 12.8 Å². The maximum absolute atomic E-state index is 13.3. The Bertz CT molecular complexity index is 1580. The summed E-state index contributed by atoms with van der Waals surface area (Å²) < 4.78 is 31.4. The first-order valence-electron chi connectivity index (χ1n) is 15.0. The van der Waals surface area contributed by atoms with Gasteiger partial charge < -0.3 is 24.8 Å². The van der Waals surface area contributed by atoms with Gasteiger partial charge in [-0.2, -0.15) is 8.78 Å². The van der Waals surface area contributed by atoms with E-state index in [9.17, 15) is 13.6 Å².